The molecule has 41 heavy (non-hydrogen) atoms. The van der Waals surface area contributed by atoms with Crippen LogP contribution in [0.1, 0.15) is 28.9 Å². The number of nitrogens with zero attached hydrogens (tertiary/aromatic N) is 2. The third kappa shape index (κ3) is 5.29. The monoisotopic (exact) mass is 557 g/mol. The summed E-state index contributed by atoms with van der Waals surface area (Å²) in [5, 5.41) is 13.4. The lowest BCUT2D eigenvalue weighted by Crippen LogP contribution is -2.32. The first-order valence-corrected chi connectivity index (χ1v) is 12.6. The minimum Gasteiger partial charge on any atom is -0.495 e. The molecule has 2 amide bonds. The zero-order chi connectivity index (χ0) is 29.1. The molecular formula is C30H28FN5O5. The number of anilines is 3. The van der Waals surface area contributed by atoms with E-state index in [0.29, 0.717) is 51.3 Å². The van der Waals surface area contributed by atoms with Gasteiger partial charge in [0, 0.05) is 11.4 Å². The fourth-order valence-corrected chi connectivity index (χ4v) is 4.72. The van der Waals surface area contributed by atoms with Crippen molar-refractivity contribution in [1.29, 1.82) is 0 Å². The second-order valence-electron chi connectivity index (χ2n) is 9.15. The highest BCUT2D eigenvalue weighted by Crippen LogP contribution is 2.41. The molecule has 0 aliphatic carbocycles. The Morgan fingerprint density at radius 2 is 1.59 bits per heavy atom. The van der Waals surface area contributed by atoms with Crippen molar-refractivity contribution in [2.45, 2.75) is 13.0 Å². The Kier molecular flexibility index (Phi) is 7.59. The van der Waals surface area contributed by atoms with Crippen LogP contribution in [0.3, 0.4) is 0 Å². The van der Waals surface area contributed by atoms with Gasteiger partial charge in [0.05, 0.1) is 38.8 Å². The normalized spacial score (nSPS) is 14.0. The van der Waals surface area contributed by atoms with E-state index in [0.717, 1.165) is 0 Å². The summed E-state index contributed by atoms with van der Waals surface area (Å²) >= 11 is 0. The number of carbonyl (C=O) groups excluding carboxylic acids is 2. The molecule has 4 aromatic rings. The number of halogens is 1. The molecule has 0 unspecified atom stereocenters. The number of aromatic nitrogens is 2. The predicted molar refractivity (Wildman–Crippen MR) is 152 cm³/mol. The second kappa shape index (κ2) is 11.4. The van der Waals surface area contributed by atoms with Gasteiger partial charge in [0.1, 0.15) is 29.0 Å². The quantitative estimate of drug-likeness (QED) is 0.272. The summed E-state index contributed by atoms with van der Waals surface area (Å²) in [6.45, 7) is 1.75. The molecular weight excluding hydrogens is 529 g/mol. The first-order chi connectivity index (χ1) is 19.8. The Bertz CT molecular complexity index is 1650. The SMILES string of the molecule is COc1ccccc1NC(=O)C1=C(C)Nc2c(C(=O)Nc3ccc(F)cc3)cnn2[C@H]1c1ccc(OC)c(OC)c1. The van der Waals surface area contributed by atoms with Crippen LogP contribution in [-0.2, 0) is 4.79 Å². The van der Waals surface area contributed by atoms with Crippen molar-refractivity contribution in [3.8, 4) is 17.2 Å². The van der Waals surface area contributed by atoms with Crippen molar-refractivity contribution in [2.24, 2.45) is 0 Å². The fourth-order valence-electron chi connectivity index (χ4n) is 4.72. The topological polar surface area (TPSA) is 116 Å². The Morgan fingerprint density at radius 3 is 2.29 bits per heavy atom. The highest BCUT2D eigenvalue weighted by atomic mass is 19.1. The minimum atomic E-state index is -0.742. The molecule has 0 bridgehead atoms. The lowest BCUT2D eigenvalue weighted by molar-refractivity contribution is -0.113. The number of hydrogen-bond acceptors (Lipinski definition) is 7. The maximum atomic E-state index is 13.9. The Morgan fingerprint density at radius 1 is 0.878 bits per heavy atom. The fraction of sp³-hybridized carbons (Fsp3) is 0.167. The van der Waals surface area contributed by atoms with Crippen LogP contribution < -0.4 is 30.2 Å². The van der Waals surface area contributed by atoms with Crippen molar-refractivity contribution in [1.82, 2.24) is 9.78 Å². The Hall–Kier alpha value is -5.32. The van der Waals surface area contributed by atoms with E-state index in [2.05, 4.69) is 21.0 Å². The molecule has 2 heterocycles. The molecule has 0 saturated heterocycles. The van der Waals surface area contributed by atoms with Gasteiger partial charge in [-0.25, -0.2) is 9.07 Å². The molecule has 0 radical (unpaired) electrons. The molecule has 1 atom stereocenters. The Balaban J connectivity index is 1.58. The molecule has 210 valence electrons. The van der Waals surface area contributed by atoms with E-state index >= 15 is 0 Å². The number of ether oxygens (including phenoxy) is 3. The standard InChI is InChI=1S/C30H28FN5O5/c1-17-26(30(38)35-22-7-5-6-8-23(22)39-2)27(18-9-14-24(40-3)25(15-18)41-4)36-28(33-17)21(16-32-36)29(37)34-20-12-10-19(31)11-13-20/h5-16,27,33H,1-4H3,(H,34,37)(H,35,38)/t27-/m0/s1. The number of fused-ring (bicyclic) bond motifs is 1. The van der Waals surface area contributed by atoms with Crippen LogP contribution >= 0.6 is 0 Å². The maximum absolute atomic E-state index is 13.9. The van der Waals surface area contributed by atoms with E-state index in [-0.39, 0.29) is 5.56 Å². The van der Waals surface area contributed by atoms with Gasteiger partial charge in [-0.15, -0.1) is 0 Å². The zero-order valence-corrected chi connectivity index (χ0v) is 22.8. The van der Waals surface area contributed by atoms with Gasteiger partial charge in [0.2, 0.25) is 0 Å². The van der Waals surface area contributed by atoms with Crippen LogP contribution in [0.5, 0.6) is 17.2 Å². The molecule has 0 saturated carbocycles. The molecule has 3 N–H and O–H groups in total. The summed E-state index contributed by atoms with van der Waals surface area (Å²) in [6, 6.07) is 17.1. The van der Waals surface area contributed by atoms with Gasteiger partial charge in [-0.05, 0) is 61.0 Å². The van der Waals surface area contributed by atoms with E-state index < -0.39 is 23.7 Å². The zero-order valence-electron chi connectivity index (χ0n) is 22.8. The molecule has 0 spiro atoms. The van der Waals surface area contributed by atoms with Crippen LogP contribution in [0.4, 0.5) is 21.6 Å². The molecule has 1 aliphatic heterocycles. The van der Waals surface area contributed by atoms with E-state index in [9.17, 15) is 14.0 Å². The molecule has 3 aromatic carbocycles. The number of hydrogen-bond donors (Lipinski definition) is 3. The average molecular weight is 558 g/mol. The van der Waals surface area contributed by atoms with Crippen LogP contribution in [0.2, 0.25) is 0 Å². The van der Waals surface area contributed by atoms with Crippen molar-refractivity contribution < 1.29 is 28.2 Å². The number of amides is 2. The number of benzene rings is 3. The maximum Gasteiger partial charge on any atom is 0.261 e. The van der Waals surface area contributed by atoms with E-state index in [4.69, 9.17) is 14.2 Å². The molecule has 10 nitrogen and oxygen atoms in total. The van der Waals surface area contributed by atoms with E-state index in [1.54, 1.807) is 41.9 Å². The van der Waals surface area contributed by atoms with Crippen molar-refractivity contribution in [2.75, 3.05) is 37.3 Å². The Labute approximate surface area is 235 Å². The predicted octanol–water partition coefficient (Wildman–Crippen LogP) is 5.23. The number of allylic oxidation sites excluding steroid dienone is 1. The molecule has 0 fully saturated rings. The largest absolute Gasteiger partial charge is 0.495 e. The third-order valence-corrected chi connectivity index (χ3v) is 6.69. The number of para-hydroxylation sites is 2. The summed E-state index contributed by atoms with van der Waals surface area (Å²) in [6.07, 6.45) is 1.42. The van der Waals surface area contributed by atoms with E-state index in [1.165, 1.54) is 51.8 Å². The highest BCUT2D eigenvalue weighted by Gasteiger charge is 2.36. The smallest absolute Gasteiger partial charge is 0.261 e. The number of nitrogens with one attached hydrogen (secondary N) is 3. The third-order valence-electron chi connectivity index (χ3n) is 6.69. The van der Waals surface area contributed by atoms with Gasteiger partial charge in [-0.2, -0.15) is 5.10 Å². The van der Waals surface area contributed by atoms with Crippen LogP contribution in [0.25, 0.3) is 0 Å². The number of rotatable bonds is 8. The summed E-state index contributed by atoms with van der Waals surface area (Å²) in [7, 11) is 4.59. The summed E-state index contributed by atoms with van der Waals surface area (Å²) in [4.78, 5) is 27.1. The van der Waals surface area contributed by atoms with E-state index in [1.807, 2.05) is 12.1 Å². The molecule has 1 aliphatic rings. The van der Waals surface area contributed by atoms with Crippen LogP contribution in [0, 0.1) is 5.82 Å². The van der Waals surface area contributed by atoms with Gasteiger partial charge in [0.25, 0.3) is 11.8 Å². The van der Waals surface area contributed by atoms with Gasteiger partial charge in [0.15, 0.2) is 11.5 Å². The summed E-state index contributed by atoms with van der Waals surface area (Å²) in [5.74, 6) is 0.620. The van der Waals surface area contributed by atoms with Gasteiger partial charge < -0.3 is 30.2 Å². The first-order valence-electron chi connectivity index (χ1n) is 12.6. The molecule has 11 heteroatoms. The van der Waals surface area contributed by atoms with Gasteiger partial charge in [-0.3, -0.25) is 9.59 Å². The molecule has 5 rings (SSSR count). The second-order valence-corrected chi connectivity index (χ2v) is 9.15. The molecule has 1 aromatic heterocycles. The van der Waals surface area contributed by atoms with Gasteiger partial charge >= 0.3 is 0 Å². The van der Waals surface area contributed by atoms with Crippen molar-refractivity contribution in [3.63, 3.8) is 0 Å². The summed E-state index contributed by atoms with van der Waals surface area (Å²) in [5.41, 5.74) is 2.71. The van der Waals surface area contributed by atoms with Crippen LogP contribution in [0.15, 0.2) is 84.2 Å². The first kappa shape index (κ1) is 27.3. The van der Waals surface area contributed by atoms with Crippen molar-refractivity contribution in [3.05, 3.63) is 101 Å². The van der Waals surface area contributed by atoms with Crippen LogP contribution in [-0.4, -0.2) is 42.9 Å². The number of methoxy groups -OCH3 is 3. The lowest BCUT2D eigenvalue weighted by atomic mass is 9.94. The minimum absolute atomic E-state index is 0.239. The highest BCUT2D eigenvalue weighted by molar-refractivity contribution is 6.09. The average Bonchev–Trinajstić information content (AvgIpc) is 3.41. The lowest BCUT2D eigenvalue weighted by Gasteiger charge is -2.30. The number of carbonyl (C=O) groups is 2. The van der Waals surface area contributed by atoms with Gasteiger partial charge in [-0.1, -0.05) is 18.2 Å². The summed E-state index contributed by atoms with van der Waals surface area (Å²) < 4.78 is 31.3. The van der Waals surface area contributed by atoms with Crippen molar-refractivity contribution >= 4 is 29.0 Å².